The third-order valence-electron chi connectivity index (χ3n) is 12.2. The van der Waals surface area contributed by atoms with E-state index in [1.165, 1.54) is 193 Å². The average molecular weight is 840 g/mol. The highest BCUT2D eigenvalue weighted by Crippen LogP contribution is 2.20. The molecule has 0 radical (unpaired) electrons. The summed E-state index contributed by atoms with van der Waals surface area (Å²) in [5, 5.41) is 2.92. The summed E-state index contributed by atoms with van der Waals surface area (Å²) in [4.78, 5) is 12.6. The van der Waals surface area contributed by atoms with Gasteiger partial charge in [-0.15, -0.1) is 0 Å². The molecule has 354 valence electrons. The van der Waals surface area contributed by atoms with Crippen molar-refractivity contribution in [3.63, 3.8) is 0 Å². The number of methoxy groups -OCH3 is 1. The van der Waals surface area contributed by atoms with Crippen LogP contribution in [0.5, 0.6) is 0 Å². The first-order valence-corrected chi connectivity index (χ1v) is 25.9. The van der Waals surface area contributed by atoms with Crippen molar-refractivity contribution >= 4 is 6.09 Å². The molecule has 7 heteroatoms. The number of hydrogen-bond donors (Lipinski definition) is 1. The number of carbonyl (C=O) groups excluding carboxylic acids is 1. The third kappa shape index (κ3) is 45.0. The van der Waals surface area contributed by atoms with Gasteiger partial charge in [-0.3, -0.25) is 0 Å². The van der Waals surface area contributed by atoms with Crippen LogP contribution in [0.3, 0.4) is 0 Å². The summed E-state index contributed by atoms with van der Waals surface area (Å²) in [6.45, 7) is 16.2. The number of rotatable bonds is 48. The monoisotopic (exact) mass is 840 g/mol. The van der Waals surface area contributed by atoms with Crippen molar-refractivity contribution in [1.29, 1.82) is 0 Å². The molecule has 0 spiro atoms. The highest BCUT2D eigenvalue weighted by Gasteiger charge is 2.22. The van der Waals surface area contributed by atoms with Crippen molar-refractivity contribution in [1.82, 2.24) is 5.32 Å². The normalized spacial score (nSPS) is 12.7. The molecule has 0 fully saturated rings. The van der Waals surface area contributed by atoms with Crippen LogP contribution in [0.2, 0.25) is 0 Å². The minimum absolute atomic E-state index is 0.189. The maximum atomic E-state index is 12.6. The molecule has 59 heavy (non-hydrogen) atoms. The van der Waals surface area contributed by atoms with Gasteiger partial charge in [-0.05, 0) is 59.8 Å². The van der Waals surface area contributed by atoms with Gasteiger partial charge in [-0.2, -0.15) is 0 Å². The van der Waals surface area contributed by atoms with E-state index in [0.29, 0.717) is 26.4 Å². The van der Waals surface area contributed by atoms with E-state index in [1.807, 2.05) is 0 Å². The zero-order valence-corrected chi connectivity index (χ0v) is 41.0. The SMILES string of the molecule is CCCCCCCCCCCCCCCCCCOC[C@H](COC(=O)NCCCC(C)(C)OCCC(C)(C)OC)OCCCCCCCCCCCCCCCCCC. The van der Waals surface area contributed by atoms with Crippen LogP contribution < -0.4 is 5.32 Å². The van der Waals surface area contributed by atoms with E-state index in [2.05, 4.69) is 46.9 Å². The van der Waals surface area contributed by atoms with E-state index in [9.17, 15) is 4.79 Å². The highest BCUT2D eigenvalue weighted by molar-refractivity contribution is 5.67. The van der Waals surface area contributed by atoms with Crippen molar-refractivity contribution in [2.45, 2.75) is 284 Å². The molecule has 7 nitrogen and oxygen atoms in total. The van der Waals surface area contributed by atoms with Crippen molar-refractivity contribution < 1.29 is 28.5 Å². The van der Waals surface area contributed by atoms with Crippen LogP contribution >= 0.6 is 0 Å². The summed E-state index contributed by atoms with van der Waals surface area (Å²) in [7, 11) is 1.74. The molecule has 0 aliphatic heterocycles. The van der Waals surface area contributed by atoms with E-state index in [1.54, 1.807) is 7.11 Å². The molecule has 0 heterocycles. The maximum absolute atomic E-state index is 12.6. The van der Waals surface area contributed by atoms with Gasteiger partial charge in [0.25, 0.3) is 0 Å². The van der Waals surface area contributed by atoms with Crippen LogP contribution in [-0.4, -0.2) is 70.1 Å². The number of nitrogens with one attached hydrogen (secondary N) is 1. The Hall–Kier alpha value is -0.890. The van der Waals surface area contributed by atoms with Gasteiger partial charge in [0.1, 0.15) is 12.7 Å². The predicted molar refractivity (Wildman–Crippen MR) is 254 cm³/mol. The Morgan fingerprint density at radius 2 is 0.847 bits per heavy atom. The van der Waals surface area contributed by atoms with Crippen molar-refractivity contribution in [2.24, 2.45) is 0 Å². The number of unbranched alkanes of at least 4 members (excludes halogenated alkanes) is 30. The van der Waals surface area contributed by atoms with E-state index in [4.69, 9.17) is 23.7 Å². The number of ether oxygens (including phenoxy) is 5. The summed E-state index contributed by atoms with van der Waals surface area (Å²) in [6.07, 6.45) is 45.4. The molecule has 0 aliphatic rings. The lowest BCUT2D eigenvalue weighted by Gasteiger charge is -2.29. The standard InChI is InChI=1S/C52H105NO6/c1-8-10-12-14-16-18-20-22-24-26-28-30-32-34-36-38-44-56-47-49(48-58-50(54)53-43-40-41-52(5,6)59-46-42-51(3,4)55-7)57-45-39-37-35-33-31-29-27-25-23-21-19-17-15-13-11-9-2/h49H,8-48H2,1-7H3,(H,53,54)/t49-/m1/s1. The molecule has 0 bridgehead atoms. The second-order valence-corrected chi connectivity index (χ2v) is 19.1. The average Bonchev–Trinajstić information content (AvgIpc) is 3.21. The van der Waals surface area contributed by atoms with Crippen LogP contribution in [0.15, 0.2) is 0 Å². The van der Waals surface area contributed by atoms with Crippen LogP contribution in [0, 0.1) is 0 Å². The maximum Gasteiger partial charge on any atom is 0.407 e. The zero-order chi connectivity index (χ0) is 43.4. The van der Waals surface area contributed by atoms with Crippen LogP contribution in [-0.2, 0) is 23.7 Å². The Morgan fingerprint density at radius 3 is 1.25 bits per heavy atom. The molecule has 0 saturated heterocycles. The van der Waals surface area contributed by atoms with E-state index in [0.717, 1.165) is 38.7 Å². The van der Waals surface area contributed by atoms with E-state index >= 15 is 0 Å². The predicted octanol–water partition coefficient (Wildman–Crippen LogP) is 16.0. The van der Waals surface area contributed by atoms with Crippen molar-refractivity contribution in [2.75, 3.05) is 46.7 Å². The summed E-state index contributed by atoms with van der Waals surface area (Å²) in [5.74, 6) is 0. The van der Waals surface area contributed by atoms with Gasteiger partial charge >= 0.3 is 6.09 Å². The van der Waals surface area contributed by atoms with Gasteiger partial charge in [0.2, 0.25) is 0 Å². The van der Waals surface area contributed by atoms with Crippen molar-refractivity contribution in [3.05, 3.63) is 0 Å². The summed E-state index contributed by atoms with van der Waals surface area (Å²) < 4.78 is 29.5. The lowest BCUT2D eigenvalue weighted by molar-refractivity contribution is -0.0617. The fourth-order valence-electron chi connectivity index (χ4n) is 7.68. The molecule has 0 aromatic carbocycles. The first-order valence-electron chi connectivity index (χ1n) is 25.9. The molecule has 1 atom stereocenters. The lowest BCUT2D eigenvalue weighted by Crippen LogP contribution is -2.33. The van der Waals surface area contributed by atoms with E-state index < -0.39 is 0 Å². The minimum atomic E-state index is -0.389. The molecule has 0 unspecified atom stereocenters. The summed E-state index contributed by atoms with van der Waals surface area (Å²) in [5.41, 5.74) is -0.448. The Morgan fingerprint density at radius 1 is 0.458 bits per heavy atom. The second-order valence-electron chi connectivity index (χ2n) is 19.1. The van der Waals surface area contributed by atoms with Gasteiger partial charge in [-0.1, -0.05) is 206 Å². The number of alkyl carbamates (subject to hydrolysis) is 1. The van der Waals surface area contributed by atoms with Gasteiger partial charge < -0.3 is 29.0 Å². The lowest BCUT2D eigenvalue weighted by atomic mass is 10.0. The quantitative estimate of drug-likeness (QED) is 0.0615. The number of amides is 1. The van der Waals surface area contributed by atoms with Crippen LogP contribution in [0.25, 0.3) is 0 Å². The fourth-order valence-corrected chi connectivity index (χ4v) is 7.68. The molecule has 1 N–H and O–H groups in total. The summed E-state index contributed by atoms with van der Waals surface area (Å²) in [6, 6.07) is 0. The number of carbonyl (C=O) groups is 1. The molecule has 0 aromatic rings. The second kappa shape index (κ2) is 43.7. The molecule has 1 amide bonds. The molecule has 0 aromatic heterocycles. The Bertz CT molecular complexity index is 851. The zero-order valence-electron chi connectivity index (χ0n) is 41.0. The molecule has 0 aliphatic carbocycles. The van der Waals surface area contributed by atoms with E-state index in [-0.39, 0.29) is 30.0 Å². The van der Waals surface area contributed by atoms with Gasteiger partial charge in [0.15, 0.2) is 0 Å². The number of hydrogen-bond acceptors (Lipinski definition) is 6. The first-order chi connectivity index (χ1) is 28.7. The molecule has 0 rings (SSSR count). The van der Waals surface area contributed by atoms with Crippen LogP contribution in [0.4, 0.5) is 4.79 Å². The molecule has 0 saturated carbocycles. The smallest absolute Gasteiger partial charge is 0.407 e. The van der Waals surface area contributed by atoms with Gasteiger partial charge in [0, 0.05) is 26.9 Å². The Balaban J connectivity index is 4.23. The van der Waals surface area contributed by atoms with Gasteiger partial charge in [-0.25, -0.2) is 4.79 Å². The third-order valence-corrected chi connectivity index (χ3v) is 12.2. The Kier molecular flexibility index (Phi) is 43.1. The van der Waals surface area contributed by atoms with Gasteiger partial charge in [0.05, 0.1) is 24.4 Å². The van der Waals surface area contributed by atoms with Crippen LogP contribution in [0.1, 0.15) is 266 Å². The molecular formula is C52H105NO6. The van der Waals surface area contributed by atoms with Crippen molar-refractivity contribution in [3.8, 4) is 0 Å². The fraction of sp³-hybridized carbons (Fsp3) is 0.981. The minimum Gasteiger partial charge on any atom is -0.447 e. The topological polar surface area (TPSA) is 75.3 Å². The first kappa shape index (κ1) is 58.1. The highest BCUT2D eigenvalue weighted by atomic mass is 16.6. The largest absolute Gasteiger partial charge is 0.447 e. The molecular weight excluding hydrogens is 735 g/mol. The Labute approximate surface area is 369 Å². The summed E-state index contributed by atoms with van der Waals surface area (Å²) >= 11 is 0.